The highest BCUT2D eigenvalue weighted by Gasteiger charge is 2.59. The Labute approximate surface area is 148 Å². The molecule has 1 aromatic carbocycles. The summed E-state index contributed by atoms with van der Waals surface area (Å²) in [7, 11) is 0. The van der Waals surface area contributed by atoms with Crippen LogP contribution in [0.25, 0.3) is 0 Å². The summed E-state index contributed by atoms with van der Waals surface area (Å²) in [6.45, 7) is 5.59. The Hall–Kier alpha value is -1.91. The number of benzene rings is 1. The highest BCUT2D eigenvalue weighted by molar-refractivity contribution is 5.94. The van der Waals surface area contributed by atoms with Crippen LogP contribution in [0, 0.1) is 32.3 Å². The van der Waals surface area contributed by atoms with Gasteiger partial charge in [-0.1, -0.05) is 13.8 Å². The highest BCUT2D eigenvalue weighted by Crippen LogP contribution is 2.69. The monoisotopic (exact) mass is 342 g/mol. The summed E-state index contributed by atoms with van der Waals surface area (Å²) < 4.78 is 0. The van der Waals surface area contributed by atoms with Gasteiger partial charge in [-0.25, -0.2) is 0 Å². The molecule has 0 radical (unpaired) electrons. The van der Waals surface area contributed by atoms with Gasteiger partial charge < -0.3 is 5.32 Å². The van der Waals surface area contributed by atoms with Gasteiger partial charge in [-0.15, -0.1) is 0 Å². The van der Waals surface area contributed by atoms with E-state index in [-0.39, 0.29) is 17.0 Å². The van der Waals surface area contributed by atoms with Crippen molar-refractivity contribution in [3.8, 4) is 0 Å². The summed E-state index contributed by atoms with van der Waals surface area (Å²) >= 11 is 0. The number of nitro benzene ring substituents is 1. The van der Waals surface area contributed by atoms with Crippen LogP contribution in [0.2, 0.25) is 0 Å². The van der Waals surface area contributed by atoms with Gasteiger partial charge in [0.25, 0.3) is 11.6 Å². The fourth-order valence-corrected chi connectivity index (χ4v) is 6.99. The Morgan fingerprint density at radius 2 is 1.72 bits per heavy atom. The normalized spacial score (nSPS) is 38.6. The smallest absolute Gasteiger partial charge is 0.269 e. The number of amides is 1. The Bertz CT molecular complexity index is 709. The molecule has 4 fully saturated rings. The van der Waals surface area contributed by atoms with Crippen LogP contribution in [-0.2, 0) is 0 Å². The molecule has 0 saturated heterocycles. The summed E-state index contributed by atoms with van der Waals surface area (Å²) in [6, 6.07) is 5.86. The third-order valence-corrected chi connectivity index (χ3v) is 6.71. The van der Waals surface area contributed by atoms with Gasteiger partial charge >= 0.3 is 0 Å². The average Bonchev–Trinajstić information content (AvgIpc) is 2.49. The van der Waals surface area contributed by atoms with Gasteiger partial charge in [0.15, 0.2) is 0 Å². The Kier molecular flexibility index (Phi) is 3.50. The molecule has 1 amide bonds. The molecule has 4 bridgehead atoms. The number of rotatable bonds is 4. The number of non-ortho nitro benzene ring substituents is 1. The molecule has 2 atom stereocenters. The maximum Gasteiger partial charge on any atom is 0.269 e. The lowest BCUT2D eigenvalue weighted by molar-refractivity contribution is -0.384. The summed E-state index contributed by atoms with van der Waals surface area (Å²) in [5.41, 5.74) is 1.61. The molecule has 4 aliphatic carbocycles. The van der Waals surface area contributed by atoms with Crippen LogP contribution >= 0.6 is 0 Å². The second kappa shape index (κ2) is 5.29. The van der Waals surface area contributed by atoms with Gasteiger partial charge in [0.1, 0.15) is 0 Å². The lowest BCUT2D eigenvalue weighted by atomic mass is 9.40. The van der Waals surface area contributed by atoms with Gasteiger partial charge in [-0.2, -0.15) is 0 Å². The predicted octanol–water partition coefficient (Wildman–Crippen LogP) is 4.32. The van der Waals surface area contributed by atoms with Crippen LogP contribution in [0.1, 0.15) is 62.7 Å². The van der Waals surface area contributed by atoms with E-state index < -0.39 is 4.92 Å². The van der Waals surface area contributed by atoms with Gasteiger partial charge in [0.2, 0.25) is 0 Å². The Morgan fingerprint density at radius 3 is 2.24 bits per heavy atom. The maximum atomic E-state index is 12.5. The molecule has 1 aromatic rings. The van der Waals surface area contributed by atoms with Crippen molar-refractivity contribution in [3.05, 3.63) is 39.9 Å². The van der Waals surface area contributed by atoms with E-state index in [9.17, 15) is 14.9 Å². The first kappa shape index (κ1) is 16.6. The zero-order valence-electron chi connectivity index (χ0n) is 15.0. The molecule has 5 rings (SSSR count). The molecule has 2 unspecified atom stereocenters. The van der Waals surface area contributed by atoms with Crippen LogP contribution in [0.15, 0.2) is 24.3 Å². The van der Waals surface area contributed by atoms with Gasteiger partial charge in [-0.05, 0) is 72.8 Å². The largest absolute Gasteiger partial charge is 0.351 e. The number of carbonyl (C=O) groups is 1. The fraction of sp³-hybridized carbons (Fsp3) is 0.650. The van der Waals surface area contributed by atoms with Crippen molar-refractivity contribution in [2.24, 2.45) is 22.2 Å². The van der Waals surface area contributed by atoms with Crippen molar-refractivity contribution < 1.29 is 9.72 Å². The number of hydrogen-bond donors (Lipinski definition) is 1. The highest BCUT2D eigenvalue weighted by atomic mass is 16.6. The van der Waals surface area contributed by atoms with Crippen LogP contribution in [0.3, 0.4) is 0 Å². The molecule has 5 heteroatoms. The van der Waals surface area contributed by atoms with Gasteiger partial charge in [0, 0.05) is 24.2 Å². The lowest BCUT2D eigenvalue weighted by Gasteiger charge is -2.65. The zero-order chi connectivity index (χ0) is 17.9. The summed E-state index contributed by atoms with van der Waals surface area (Å²) in [4.78, 5) is 22.8. The van der Waals surface area contributed by atoms with E-state index in [0.717, 1.165) is 12.5 Å². The molecule has 5 nitrogen and oxygen atoms in total. The molecule has 0 heterocycles. The Balaban J connectivity index is 1.46. The zero-order valence-corrected chi connectivity index (χ0v) is 15.0. The minimum absolute atomic E-state index is 0.0125. The van der Waals surface area contributed by atoms with E-state index in [1.54, 1.807) is 0 Å². The molecular formula is C20H26N2O3. The number of hydrogen-bond acceptors (Lipinski definition) is 3. The minimum Gasteiger partial charge on any atom is -0.351 e. The van der Waals surface area contributed by atoms with E-state index in [0.29, 0.717) is 16.4 Å². The molecule has 0 spiro atoms. The maximum absolute atomic E-state index is 12.5. The van der Waals surface area contributed by atoms with Crippen molar-refractivity contribution in [2.45, 2.75) is 52.4 Å². The van der Waals surface area contributed by atoms with Crippen LogP contribution in [0.4, 0.5) is 5.69 Å². The first-order valence-electron chi connectivity index (χ1n) is 9.23. The third-order valence-electron chi connectivity index (χ3n) is 6.71. The second-order valence-electron chi connectivity index (χ2n) is 9.62. The summed E-state index contributed by atoms with van der Waals surface area (Å²) in [5, 5.41) is 13.9. The molecule has 0 aromatic heterocycles. The minimum atomic E-state index is -0.446. The Morgan fingerprint density at radius 1 is 1.12 bits per heavy atom. The van der Waals surface area contributed by atoms with Crippen molar-refractivity contribution >= 4 is 11.6 Å². The van der Waals surface area contributed by atoms with E-state index in [2.05, 4.69) is 19.2 Å². The molecule has 0 aliphatic heterocycles. The predicted molar refractivity (Wildman–Crippen MR) is 95.3 cm³/mol. The number of nitro groups is 1. The van der Waals surface area contributed by atoms with Crippen LogP contribution in [0.5, 0.6) is 0 Å². The lowest BCUT2D eigenvalue weighted by Crippen LogP contribution is -2.58. The second-order valence-corrected chi connectivity index (χ2v) is 9.62. The molecule has 4 aliphatic rings. The van der Waals surface area contributed by atoms with E-state index in [4.69, 9.17) is 0 Å². The average molecular weight is 342 g/mol. The van der Waals surface area contributed by atoms with Gasteiger partial charge in [0.05, 0.1) is 4.92 Å². The van der Waals surface area contributed by atoms with E-state index in [1.165, 1.54) is 62.8 Å². The fourth-order valence-electron chi connectivity index (χ4n) is 6.99. The standard InChI is InChI=1S/C20H26N2O3/c1-18-7-14-8-19(2,10-18)12-20(9-14,11-18)13-21-17(23)15-3-5-16(6-4-15)22(24)25/h3-6,14H,7-13H2,1-2H3,(H,21,23). The topological polar surface area (TPSA) is 72.2 Å². The van der Waals surface area contributed by atoms with Crippen molar-refractivity contribution in [2.75, 3.05) is 6.54 Å². The van der Waals surface area contributed by atoms with Crippen molar-refractivity contribution in [1.82, 2.24) is 5.32 Å². The van der Waals surface area contributed by atoms with Crippen molar-refractivity contribution in [3.63, 3.8) is 0 Å². The molecule has 4 saturated carbocycles. The van der Waals surface area contributed by atoms with E-state index in [1.807, 2.05) is 0 Å². The van der Waals surface area contributed by atoms with Gasteiger partial charge in [-0.3, -0.25) is 14.9 Å². The van der Waals surface area contributed by atoms with E-state index >= 15 is 0 Å². The molecule has 1 N–H and O–H groups in total. The van der Waals surface area contributed by atoms with Crippen LogP contribution < -0.4 is 5.32 Å². The summed E-state index contributed by atoms with van der Waals surface area (Å²) in [6.07, 6.45) is 7.69. The first-order chi connectivity index (χ1) is 11.7. The quantitative estimate of drug-likeness (QED) is 0.654. The molecule has 25 heavy (non-hydrogen) atoms. The SMILES string of the molecule is CC12CC3CC(C)(C1)CC(CNC(=O)c1ccc([N+](=O)[O-])cc1)(C3)C2. The number of carbonyl (C=O) groups excluding carboxylic acids is 1. The first-order valence-corrected chi connectivity index (χ1v) is 9.23. The third kappa shape index (κ3) is 2.94. The molecular weight excluding hydrogens is 316 g/mol. The van der Waals surface area contributed by atoms with Crippen molar-refractivity contribution in [1.29, 1.82) is 0 Å². The number of nitrogens with zero attached hydrogens (tertiary/aromatic N) is 1. The molecule has 134 valence electrons. The van der Waals surface area contributed by atoms with Crippen LogP contribution in [-0.4, -0.2) is 17.4 Å². The number of nitrogens with one attached hydrogen (secondary N) is 1. The summed E-state index contributed by atoms with van der Waals surface area (Å²) in [5.74, 6) is 0.684.